The summed E-state index contributed by atoms with van der Waals surface area (Å²) < 4.78 is 5.36. The number of likely N-dealkylation sites (tertiary alicyclic amines) is 1. The van der Waals surface area contributed by atoms with Crippen LogP contribution in [-0.2, 0) is 16.8 Å². The van der Waals surface area contributed by atoms with Crippen LogP contribution in [0.15, 0.2) is 4.52 Å². The molecule has 0 bridgehead atoms. The number of amides is 1. The third-order valence-electron chi connectivity index (χ3n) is 4.14. The predicted molar refractivity (Wildman–Crippen MR) is 88.9 cm³/mol. The molecule has 2 heterocycles. The maximum absolute atomic E-state index is 11.6. The minimum Gasteiger partial charge on any atom is -0.356 e. The van der Waals surface area contributed by atoms with Crippen LogP contribution < -0.4 is 5.32 Å². The Balaban J connectivity index is 1.82. The highest BCUT2D eigenvalue weighted by Gasteiger charge is 2.24. The largest absolute Gasteiger partial charge is 0.356 e. The lowest BCUT2D eigenvalue weighted by Crippen LogP contribution is -2.40. The zero-order chi connectivity index (χ0) is 16.9. The number of rotatable bonds is 6. The second-order valence-corrected chi connectivity index (χ2v) is 7.56. The van der Waals surface area contributed by atoms with Gasteiger partial charge in [-0.2, -0.15) is 4.98 Å². The van der Waals surface area contributed by atoms with E-state index in [9.17, 15) is 4.79 Å². The van der Waals surface area contributed by atoms with Crippen LogP contribution in [0.4, 0.5) is 0 Å². The smallest absolute Gasteiger partial charge is 0.232 e. The summed E-state index contributed by atoms with van der Waals surface area (Å²) >= 11 is 0. The maximum Gasteiger partial charge on any atom is 0.232 e. The average Bonchev–Trinajstić information content (AvgIpc) is 2.94. The van der Waals surface area contributed by atoms with Crippen LogP contribution in [0.2, 0.25) is 0 Å². The van der Waals surface area contributed by atoms with Crippen molar-refractivity contribution in [3.05, 3.63) is 11.7 Å². The van der Waals surface area contributed by atoms with E-state index in [1.165, 1.54) is 6.42 Å². The molecule has 1 aromatic rings. The lowest BCUT2D eigenvalue weighted by atomic mass is 9.97. The van der Waals surface area contributed by atoms with Crippen LogP contribution in [0, 0.1) is 5.92 Å². The fraction of sp³-hybridized carbons (Fsp3) is 0.824. The van der Waals surface area contributed by atoms with Gasteiger partial charge in [-0.25, -0.2) is 0 Å². The summed E-state index contributed by atoms with van der Waals surface area (Å²) in [5.74, 6) is 2.12. The van der Waals surface area contributed by atoms with Crippen LogP contribution in [0.3, 0.4) is 0 Å². The first-order valence-electron chi connectivity index (χ1n) is 8.70. The number of carbonyl (C=O) groups excluding carboxylic acids is 1. The third-order valence-corrected chi connectivity index (χ3v) is 4.14. The van der Waals surface area contributed by atoms with Gasteiger partial charge >= 0.3 is 0 Å². The number of carbonyl (C=O) groups is 1. The lowest BCUT2D eigenvalue weighted by Gasteiger charge is -2.31. The van der Waals surface area contributed by atoms with Gasteiger partial charge in [0.2, 0.25) is 11.8 Å². The van der Waals surface area contributed by atoms with E-state index < -0.39 is 0 Å². The van der Waals surface area contributed by atoms with Crippen molar-refractivity contribution in [1.82, 2.24) is 20.4 Å². The van der Waals surface area contributed by atoms with Crippen LogP contribution in [0.1, 0.15) is 65.1 Å². The standard InChI is InChI=1S/C17H30N4O2/c1-5-7-15(22)18-10-13-8-6-9-21(11-13)12-14-19-16(23-20-14)17(2,3)4/h13H,5-12H2,1-4H3,(H,18,22)/t13-/m1/s1. The van der Waals surface area contributed by atoms with Crippen molar-refractivity contribution in [2.24, 2.45) is 5.92 Å². The molecule has 0 saturated carbocycles. The second kappa shape index (κ2) is 7.90. The SMILES string of the molecule is CCCC(=O)NC[C@H]1CCCN(Cc2noc(C(C)(C)C)n2)C1. The number of aromatic nitrogens is 2. The van der Waals surface area contributed by atoms with E-state index >= 15 is 0 Å². The van der Waals surface area contributed by atoms with Crippen molar-refractivity contribution in [2.75, 3.05) is 19.6 Å². The first-order chi connectivity index (χ1) is 10.9. The Hall–Kier alpha value is -1.43. The fourth-order valence-electron chi connectivity index (χ4n) is 2.86. The predicted octanol–water partition coefficient (Wildman–Crippen LogP) is 2.50. The Kier molecular flexibility index (Phi) is 6.16. The molecule has 130 valence electrons. The molecule has 1 N–H and O–H groups in total. The molecule has 0 aliphatic carbocycles. The maximum atomic E-state index is 11.6. The van der Waals surface area contributed by atoms with Crippen LogP contribution in [0.5, 0.6) is 0 Å². The minimum atomic E-state index is -0.112. The Morgan fingerprint density at radius 1 is 1.43 bits per heavy atom. The van der Waals surface area contributed by atoms with E-state index in [2.05, 4.69) is 41.1 Å². The molecule has 6 heteroatoms. The molecule has 0 spiro atoms. The summed E-state index contributed by atoms with van der Waals surface area (Å²) in [6.07, 6.45) is 3.84. The van der Waals surface area contributed by atoms with Crippen molar-refractivity contribution in [1.29, 1.82) is 0 Å². The van der Waals surface area contributed by atoms with E-state index in [1.807, 2.05) is 6.92 Å². The molecule has 1 amide bonds. The van der Waals surface area contributed by atoms with Gasteiger partial charge in [-0.15, -0.1) is 0 Å². The Bertz CT molecular complexity index is 507. The Morgan fingerprint density at radius 3 is 2.87 bits per heavy atom. The molecule has 1 atom stereocenters. The molecule has 2 rings (SSSR count). The molecular weight excluding hydrogens is 292 g/mol. The van der Waals surface area contributed by atoms with Crippen molar-refractivity contribution in [3.8, 4) is 0 Å². The fourth-order valence-corrected chi connectivity index (χ4v) is 2.86. The quantitative estimate of drug-likeness (QED) is 0.871. The number of nitrogens with zero attached hydrogens (tertiary/aromatic N) is 3. The normalized spacial score (nSPS) is 19.7. The second-order valence-electron chi connectivity index (χ2n) is 7.56. The van der Waals surface area contributed by atoms with Crippen LogP contribution in [0.25, 0.3) is 0 Å². The summed E-state index contributed by atoms with van der Waals surface area (Å²) in [4.78, 5) is 18.5. The topological polar surface area (TPSA) is 71.3 Å². The van der Waals surface area contributed by atoms with Gasteiger partial charge in [-0.3, -0.25) is 9.69 Å². The van der Waals surface area contributed by atoms with Gasteiger partial charge in [0.1, 0.15) is 0 Å². The first kappa shape index (κ1) is 17.9. The third kappa shape index (κ3) is 5.61. The van der Waals surface area contributed by atoms with Crippen LogP contribution >= 0.6 is 0 Å². The monoisotopic (exact) mass is 322 g/mol. The summed E-state index contributed by atoms with van der Waals surface area (Å²) in [5.41, 5.74) is -0.112. The van der Waals surface area contributed by atoms with Gasteiger partial charge in [0.15, 0.2) is 5.82 Å². The zero-order valence-electron chi connectivity index (χ0n) is 14.9. The number of hydrogen-bond donors (Lipinski definition) is 1. The van der Waals surface area contributed by atoms with Crippen molar-refractivity contribution < 1.29 is 9.32 Å². The number of hydrogen-bond acceptors (Lipinski definition) is 5. The summed E-state index contributed by atoms with van der Waals surface area (Å²) in [6, 6.07) is 0. The average molecular weight is 322 g/mol. The van der Waals surface area contributed by atoms with Gasteiger partial charge in [0.05, 0.1) is 6.54 Å². The molecule has 0 radical (unpaired) electrons. The highest BCUT2D eigenvalue weighted by molar-refractivity contribution is 5.75. The van der Waals surface area contributed by atoms with Crippen LogP contribution in [-0.4, -0.2) is 40.6 Å². The summed E-state index contributed by atoms with van der Waals surface area (Å²) in [7, 11) is 0. The molecule has 1 aliphatic heterocycles. The lowest BCUT2D eigenvalue weighted by molar-refractivity contribution is -0.121. The number of nitrogens with one attached hydrogen (secondary N) is 1. The summed E-state index contributed by atoms with van der Waals surface area (Å²) in [6.45, 7) is 11.8. The Labute approximate surface area is 139 Å². The van der Waals surface area contributed by atoms with Crippen molar-refractivity contribution >= 4 is 5.91 Å². The summed E-state index contributed by atoms with van der Waals surface area (Å²) in [5, 5.41) is 7.15. The molecule has 0 aromatic carbocycles. The van der Waals surface area contributed by atoms with Gasteiger partial charge in [0.25, 0.3) is 0 Å². The van der Waals surface area contributed by atoms with Crippen molar-refractivity contribution in [3.63, 3.8) is 0 Å². The first-order valence-corrected chi connectivity index (χ1v) is 8.70. The zero-order valence-corrected chi connectivity index (χ0v) is 14.9. The van der Waals surface area contributed by atoms with Crippen molar-refractivity contribution in [2.45, 2.75) is 65.3 Å². The molecule has 23 heavy (non-hydrogen) atoms. The highest BCUT2D eigenvalue weighted by atomic mass is 16.5. The van der Waals surface area contributed by atoms with E-state index in [4.69, 9.17) is 4.52 Å². The number of piperidine rings is 1. The van der Waals surface area contributed by atoms with E-state index in [0.717, 1.165) is 44.8 Å². The minimum absolute atomic E-state index is 0.112. The van der Waals surface area contributed by atoms with Gasteiger partial charge in [-0.1, -0.05) is 32.9 Å². The van der Waals surface area contributed by atoms with Gasteiger partial charge in [0, 0.05) is 24.9 Å². The van der Waals surface area contributed by atoms with E-state index in [-0.39, 0.29) is 11.3 Å². The Morgan fingerprint density at radius 2 is 2.22 bits per heavy atom. The molecule has 0 unspecified atom stereocenters. The molecule has 6 nitrogen and oxygen atoms in total. The molecule has 1 aliphatic rings. The molecule has 1 fully saturated rings. The molecular formula is C17H30N4O2. The van der Waals surface area contributed by atoms with E-state index in [1.54, 1.807) is 0 Å². The molecule has 1 saturated heterocycles. The van der Waals surface area contributed by atoms with E-state index in [0.29, 0.717) is 18.2 Å². The van der Waals surface area contributed by atoms with Gasteiger partial charge in [-0.05, 0) is 31.7 Å². The van der Waals surface area contributed by atoms with Gasteiger partial charge < -0.3 is 9.84 Å². The molecule has 1 aromatic heterocycles. The highest BCUT2D eigenvalue weighted by Crippen LogP contribution is 2.21.